The first-order chi connectivity index (χ1) is 22.1. The van der Waals surface area contributed by atoms with Crippen molar-refractivity contribution in [3.8, 4) is 5.75 Å². The first kappa shape index (κ1) is 34.8. The predicted molar refractivity (Wildman–Crippen MR) is 183 cm³/mol. The van der Waals surface area contributed by atoms with Crippen LogP contribution in [0.4, 0.5) is 5.69 Å². The molecule has 11 heteroatoms. The fraction of sp³-hybridized carbons (Fsp3) is 0.257. The monoisotopic (exact) mass is 681 g/mol. The molecule has 0 saturated carbocycles. The van der Waals surface area contributed by atoms with E-state index >= 15 is 0 Å². The third-order valence-electron chi connectivity index (χ3n) is 7.42. The number of anilines is 1. The van der Waals surface area contributed by atoms with Crippen LogP contribution in [0.3, 0.4) is 0 Å². The van der Waals surface area contributed by atoms with E-state index in [-0.39, 0.29) is 29.5 Å². The lowest BCUT2D eigenvalue weighted by Crippen LogP contribution is -2.53. The number of unbranched alkanes of at least 4 members (excludes halogenated alkanes) is 1. The number of halogens is 2. The minimum absolute atomic E-state index is 0.0246. The molecule has 8 nitrogen and oxygen atoms in total. The Morgan fingerprint density at radius 3 is 2.24 bits per heavy atom. The summed E-state index contributed by atoms with van der Waals surface area (Å²) in [4.78, 5) is 29.7. The zero-order valence-corrected chi connectivity index (χ0v) is 28.1. The normalized spacial score (nSPS) is 11.8. The topological polar surface area (TPSA) is 96.0 Å². The third-order valence-corrected chi connectivity index (χ3v) is 9.81. The molecule has 0 aliphatic rings. The number of carbonyl (C=O) groups excluding carboxylic acids is 2. The van der Waals surface area contributed by atoms with Crippen LogP contribution in [-0.4, -0.2) is 51.4 Å². The van der Waals surface area contributed by atoms with E-state index in [9.17, 15) is 18.0 Å². The van der Waals surface area contributed by atoms with Crippen molar-refractivity contribution in [3.05, 3.63) is 124 Å². The molecule has 0 spiro atoms. The van der Waals surface area contributed by atoms with Crippen LogP contribution in [0.1, 0.15) is 30.9 Å². The first-order valence-electron chi connectivity index (χ1n) is 14.9. The van der Waals surface area contributed by atoms with Crippen molar-refractivity contribution in [2.75, 3.05) is 24.5 Å². The molecule has 0 bridgehead atoms. The lowest BCUT2D eigenvalue weighted by Gasteiger charge is -2.34. The maximum Gasteiger partial charge on any atom is 0.264 e. The van der Waals surface area contributed by atoms with Crippen molar-refractivity contribution < 1.29 is 22.7 Å². The van der Waals surface area contributed by atoms with Crippen molar-refractivity contribution in [2.45, 2.75) is 43.7 Å². The average Bonchev–Trinajstić information content (AvgIpc) is 3.06. The van der Waals surface area contributed by atoms with E-state index < -0.39 is 28.5 Å². The van der Waals surface area contributed by atoms with Crippen LogP contribution in [0, 0.1) is 0 Å². The summed E-state index contributed by atoms with van der Waals surface area (Å²) in [5, 5.41) is 3.69. The third kappa shape index (κ3) is 9.02. The molecule has 0 aromatic heterocycles. The maximum atomic E-state index is 14.5. The van der Waals surface area contributed by atoms with Gasteiger partial charge in [0, 0.05) is 29.6 Å². The van der Waals surface area contributed by atoms with E-state index in [2.05, 4.69) is 5.32 Å². The quantitative estimate of drug-likeness (QED) is 0.140. The second-order valence-corrected chi connectivity index (χ2v) is 13.3. The Morgan fingerprint density at radius 2 is 1.59 bits per heavy atom. The summed E-state index contributed by atoms with van der Waals surface area (Å²) >= 11 is 12.8. The van der Waals surface area contributed by atoms with E-state index in [0.717, 1.165) is 22.7 Å². The Labute approximate surface area is 280 Å². The van der Waals surface area contributed by atoms with Crippen LogP contribution >= 0.6 is 23.2 Å². The van der Waals surface area contributed by atoms with E-state index in [1.165, 1.54) is 42.3 Å². The number of nitrogens with one attached hydrogen (secondary N) is 1. The van der Waals surface area contributed by atoms with Crippen molar-refractivity contribution in [3.63, 3.8) is 0 Å². The standard InChI is InChI=1S/C35H37Cl2N3O5S/c1-3-4-21-38-35(42)33(22-26-11-6-5-7-12-26)39(24-27-13-8-9-16-32(27)37)34(41)25-40(29-15-10-14-28(36)23-29)46(43,44)31-19-17-30(45-2)18-20-31/h5-20,23,33H,3-4,21-22,24-25H2,1-2H3,(H,38,42). The summed E-state index contributed by atoms with van der Waals surface area (Å²) in [6.07, 6.45) is 1.85. The molecule has 0 saturated heterocycles. The van der Waals surface area contributed by atoms with Gasteiger partial charge in [0.05, 0.1) is 17.7 Å². The zero-order chi connectivity index (χ0) is 33.1. The number of carbonyl (C=O) groups is 2. The minimum Gasteiger partial charge on any atom is -0.497 e. The molecular weight excluding hydrogens is 645 g/mol. The van der Waals surface area contributed by atoms with Crippen LogP contribution < -0.4 is 14.4 Å². The molecule has 4 rings (SSSR count). The second kappa shape index (κ2) is 16.5. The van der Waals surface area contributed by atoms with Crippen molar-refractivity contribution in [2.24, 2.45) is 0 Å². The molecule has 1 unspecified atom stereocenters. The van der Waals surface area contributed by atoms with Gasteiger partial charge >= 0.3 is 0 Å². The number of amides is 2. The molecule has 2 amide bonds. The molecule has 1 N–H and O–H groups in total. The fourth-order valence-corrected chi connectivity index (χ4v) is 6.69. The van der Waals surface area contributed by atoms with Crippen LogP contribution in [-0.2, 0) is 32.6 Å². The highest BCUT2D eigenvalue weighted by Crippen LogP contribution is 2.28. The van der Waals surface area contributed by atoms with Gasteiger partial charge in [0.2, 0.25) is 11.8 Å². The number of nitrogens with zero attached hydrogens (tertiary/aromatic N) is 2. The largest absolute Gasteiger partial charge is 0.497 e. The van der Waals surface area contributed by atoms with Crippen LogP contribution in [0.5, 0.6) is 5.75 Å². The van der Waals surface area contributed by atoms with Gasteiger partial charge < -0.3 is 15.0 Å². The molecule has 242 valence electrons. The molecule has 0 aliphatic heterocycles. The molecular formula is C35H37Cl2N3O5S. The highest BCUT2D eigenvalue weighted by Gasteiger charge is 2.35. The molecule has 0 heterocycles. The zero-order valence-electron chi connectivity index (χ0n) is 25.7. The molecule has 0 fully saturated rings. The summed E-state index contributed by atoms with van der Waals surface area (Å²) in [5.41, 5.74) is 1.65. The van der Waals surface area contributed by atoms with Gasteiger partial charge in [0.1, 0.15) is 18.3 Å². The lowest BCUT2D eigenvalue weighted by molar-refractivity contribution is -0.140. The highest BCUT2D eigenvalue weighted by molar-refractivity contribution is 7.92. The summed E-state index contributed by atoms with van der Waals surface area (Å²) in [6.45, 7) is 1.83. The van der Waals surface area contributed by atoms with Crippen LogP contribution in [0.15, 0.2) is 108 Å². The predicted octanol–water partition coefficient (Wildman–Crippen LogP) is 6.75. The van der Waals surface area contributed by atoms with E-state index in [1.807, 2.05) is 37.3 Å². The summed E-state index contributed by atoms with van der Waals surface area (Å²) in [7, 11) is -2.80. The Kier molecular flexibility index (Phi) is 12.5. The number of hydrogen-bond donors (Lipinski definition) is 1. The Bertz CT molecular complexity index is 1720. The Balaban J connectivity index is 1.80. The Morgan fingerprint density at radius 1 is 0.891 bits per heavy atom. The van der Waals surface area contributed by atoms with Crippen LogP contribution in [0.2, 0.25) is 10.0 Å². The van der Waals surface area contributed by atoms with Gasteiger partial charge in [-0.3, -0.25) is 13.9 Å². The number of sulfonamides is 1. The van der Waals surface area contributed by atoms with Gasteiger partial charge in [-0.1, -0.05) is 91.1 Å². The van der Waals surface area contributed by atoms with Crippen LogP contribution in [0.25, 0.3) is 0 Å². The number of rotatable bonds is 15. The van der Waals surface area contributed by atoms with Gasteiger partial charge in [-0.2, -0.15) is 0 Å². The van der Waals surface area contributed by atoms with Gasteiger partial charge in [0.25, 0.3) is 10.0 Å². The number of methoxy groups -OCH3 is 1. The van der Waals surface area contributed by atoms with E-state index in [1.54, 1.807) is 42.5 Å². The van der Waals surface area contributed by atoms with Gasteiger partial charge in [-0.25, -0.2) is 8.42 Å². The van der Waals surface area contributed by atoms with Crippen molar-refractivity contribution in [1.82, 2.24) is 10.2 Å². The van der Waals surface area contributed by atoms with Gasteiger partial charge in [-0.15, -0.1) is 0 Å². The summed E-state index contributed by atoms with van der Waals surface area (Å²) in [6, 6.07) is 27.6. The lowest BCUT2D eigenvalue weighted by atomic mass is 10.0. The van der Waals surface area contributed by atoms with Crippen molar-refractivity contribution >= 4 is 50.7 Å². The second-order valence-electron chi connectivity index (χ2n) is 10.6. The van der Waals surface area contributed by atoms with Gasteiger partial charge in [0.15, 0.2) is 0 Å². The van der Waals surface area contributed by atoms with Gasteiger partial charge in [-0.05, 0) is 66.1 Å². The van der Waals surface area contributed by atoms with E-state index in [0.29, 0.717) is 27.9 Å². The van der Waals surface area contributed by atoms with E-state index in [4.69, 9.17) is 27.9 Å². The number of hydrogen-bond acceptors (Lipinski definition) is 5. The SMILES string of the molecule is CCCCNC(=O)C(Cc1ccccc1)N(Cc1ccccc1Cl)C(=O)CN(c1cccc(Cl)c1)S(=O)(=O)c1ccc(OC)cc1. The summed E-state index contributed by atoms with van der Waals surface area (Å²) in [5.74, 6) is -0.457. The average molecular weight is 683 g/mol. The molecule has 0 aliphatic carbocycles. The number of ether oxygens (including phenoxy) is 1. The fourth-order valence-electron chi connectivity index (χ4n) is 4.91. The minimum atomic E-state index is -4.28. The smallest absolute Gasteiger partial charge is 0.264 e. The Hall–Kier alpha value is -4.05. The molecule has 4 aromatic rings. The molecule has 0 radical (unpaired) electrons. The summed E-state index contributed by atoms with van der Waals surface area (Å²) < 4.78 is 34.5. The molecule has 46 heavy (non-hydrogen) atoms. The van der Waals surface area contributed by atoms with Crippen molar-refractivity contribution in [1.29, 1.82) is 0 Å². The highest BCUT2D eigenvalue weighted by atomic mass is 35.5. The first-order valence-corrected chi connectivity index (χ1v) is 17.1. The molecule has 1 atom stereocenters. The number of benzene rings is 4. The maximum absolute atomic E-state index is 14.5. The molecule has 4 aromatic carbocycles.